The van der Waals surface area contributed by atoms with Crippen molar-refractivity contribution < 1.29 is 9.53 Å². The minimum Gasteiger partial charge on any atom is -0.417 e. The Bertz CT molecular complexity index is 57.0. The molecule has 0 aliphatic carbocycles. The van der Waals surface area contributed by atoms with E-state index in [9.17, 15) is 0 Å². The summed E-state index contributed by atoms with van der Waals surface area (Å²) < 4.78 is 5.33. The van der Waals surface area contributed by atoms with Gasteiger partial charge in [0.05, 0.1) is 0 Å². The van der Waals surface area contributed by atoms with Crippen molar-refractivity contribution in [2.24, 2.45) is 0 Å². The van der Waals surface area contributed by atoms with Crippen LogP contribution in [0.4, 0.5) is 0 Å². The van der Waals surface area contributed by atoms with Crippen LogP contribution < -0.4 is 0 Å². The number of aliphatic hydroxyl groups is 1. The van der Waals surface area contributed by atoms with Crippen molar-refractivity contribution >= 4 is 9.04 Å². The van der Waals surface area contributed by atoms with Gasteiger partial charge in [-0.2, -0.15) is 0 Å². The molecule has 0 atom stereocenters. The van der Waals surface area contributed by atoms with Crippen molar-refractivity contribution in [2.45, 2.75) is 25.9 Å². The molecule has 0 saturated carbocycles. The molecule has 1 N–H and O–H groups in total. The minimum atomic E-state index is -0.497. The lowest BCUT2D eigenvalue weighted by atomic mass is 10.3. The molecule has 0 amide bonds. The second kappa shape index (κ2) is 6.26. The zero-order chi connectivity index (χ0) is 7.11. The summed E-state index contributed by atoms with van der Waals surface area (Å²) in [4.78, 5) is 0. The van der Waals surface area contributed by atoms with E-state index in [4.69, 9.17) is 9.53 Å². The molecule has 2 nitrogen and oxygen atoms in total. The monoisotopic (exact) mass is 147 g/mol. The van der Waals surface area contributed by atoms with Crippen molar-refractivity contribution in [3.05, 3.63) is 0 Å². The lowest BCUT2D eigenvalue weighted by Crippen LogP contribution is -2.08. The van der Waals surface area contributed by atoms with Crippen molar-refractivity contribution in [3.63, 3.8) is 0 Å². The van der Waals surface area contributed by atoms with Gasteiger partial charge < -0.3 is 9.53 Å². The molecule has 0 aromatic heterocycles. The van der Waals surface area contributed by atoms with Crippen LogP contribution in [0.25, 0.3) is 0 Å². The van der Waals surface area contributed by atoms with E-state index in [0.717, 1.165) is 19.4 Å². The summed E-state index contributed by atoms with van der Waals surface area (Å²) in [6.07, 6.45) is 1.86. The Labute approximate surface area is 58.6 Å². The van der Waals surface area contributed by atoms with E-state index < -0.39 is 9.04 Å². The van der Waals surface area contributed by atoms with Gasteiger partial charge in [0.15, 0.2) is 0 Å². The van der Waals surface area contributed by atoms with Crippen LogP contribution in [-0.2, 0) is 4.43 Å². The first-order valence-electron chi connectivity index (χ1n) is 3.31. The minimum absolute atomic E-state index is 0.291. The Morgan fingerprint density at radius 1 is 1.33 bits per heavy atom. The molecule has 0 unspecified atom stereocenters. The fraction of sp³-hybridized carbons (Fsp3) is 1.00. The Balaban J connectivity index is 2.75. The Morgan fingerprint density at radius 2 is 2.00 bits per heavy atom. The molecule has 0 saturated heterocycles. The van der Waals surface area contributed by atoms with E-state index in [1.807, 2.05) is 0 Å². The summed E-state index contributed by atoms with van der Waals surface area (Å²) in [6.45, 7) is 5.34. The van der Waals surface area contributed by atoms with Crippen LogP contribution in [0.1, 0.15) is 12.8 Å². The third-order valence-corrected chi connectivity index (χ3v) is 1.72. The molecule has 0 bridgehead atoms. The van der Waals surface area contributed by atoms with Crippen LogP contribution >= 0.6 is 0 Å². The van der Waals surface area contributed by atoms with Gasteiger partial charge in [-0.3, -0.25) is 0 Å². The molecule has 0 aromatic rings. The van der Waals surface area contributed by atoms with Crippen LogP contribution in [0.15, 0.2) is 0 Å². The second-order valence-electron chi connectivity index (χ2n) is 2.19. The Hall–Kier alpha value is 0.137. The highest BCUT2D eigenvalue weighted by Gasteiger charge is 1.94. The summed E-state index contributed by atoms with van der Waals surface area (Å²) in [5.41, 5.74) is 0. The zero-order valence-corrected chi connectivity index (χ0v) is 7.18. The van der Waals surface area contributed by atoms with Crippen molar-refractivity contribution in [2.75, 3.05) is 13.2 Å². The van der Waals surface area contributed by atoms with Crippen LogP contribution in [0.3, 0.4) is 0 Å². The second-order valence-corrected chi connectivity index (χ2v) is 4.29. The largest absolute Gasteiger partial charge is 0.417 e. The maximum absolute atomic E-state index is 8.38. The maximum Gasteiger partial charge on any atom is 0.204 e. The fourth-order valence-corrected chi connectivity index (χ4v) is 1.04. The first-order valence-corrected chi connectivity index (χ1v) is 5.72. The average molecular weight is 147 g/mol. The number of hydrogen-bond donors (Lipinski definition) is 1. The van der Waals surface area contributed by atoms with E-state index in [0.29, 0.717) is 6.61 Å². The van der Waals surface area contributed by atoms with E-state index in [1.165, 1.54) is 0 Å². The van der Waals surface area contributed by atoms with Gasteiger partial charge in [0, 0.05) is 13.2 Å². The standard InChI is InChI=1S/C6H15O2Si/c1-9(2)8-6-4-3-5-7/h7H,3-6H2,1-2H3. The Kier molecular flexibility index (Phi) is 6.35. The van der Waals surface area contributed by atoms with Crippen molar-refractivity contribution in [1.29, 1.82) is 0 Å². The third-order valence-electron chi connectivity index (χ3n) is 0.943. The highest BCUT2D eigenvalue weighted by molar-refractivity contribution is 6.48. The van der Waals surface area contributed by atoms with E-state index >= 15 is 0 Å². The molecule has 0 aromatic carbocycles. The number of unbranched alkanes of at least 4 members (excludes halogenated alkanes) is 1. The number of rotatable bonds is 5. The summed E-state index contributed by atoms with van der Waals surface area (Å²) in [6, 6.07) is 0. The van der Waals surface area contributed by atoms with Crippen LogP contribution in [0.2, 0.25) is 13.1 Å². The van der Waals surface area contributed by atoms with Gasteiger partial charge in [-0.15, -0.1) is 0 Å². The zero-order valence-electron chi connectivity index (χ0n) is 6.18. The number of aliphatic hydroxyl groups excluding tert-OH is 1. The predicted molar refractivity (Wildman–Crippen MR) is 39.8 cm³/mol. The predicted octanol–water partition coefficient (Wildman–Crippen LogP) is 1.03. The van der Waals surface area contributed by atoms with Gasteiger partial charge in [0.1, 0.15) is 0 Å². The van der Waals surface area contributed by atoms with E-state index in [1.54, 1.807) is 0 Å². The normalized spacial score (nSPS) is 10.7. The molecule has 55 valence electrons. The average Bonchev–Trinajstić information content (AvgIpc) is 1.80. The molecular formula is C6H15O2Si. The SMILES string of the molecule is C[Si](C)OCCCCO. The van der Waals surface area contributed by atoms with Gasteiger partial charge in [0.2, 0.25) is 9.04 Å². The highest BCUT2D eigenvalue weighted by atomic mass is 28.3. The molecule has 0 aliphatic heterocycles. The molecule has 3 heteroatoms. The van der Waals surface area contributed by atoms with E-state index in [-0.39, 0.29) is 0 Å². The molecule has 0 fully saturated rings. The van der Waals surface area contributed by atoms with Crippen LogP contribution in [-0.4, -0.2) is 27.4 Å². The van der Waals surface area contributed by atoms with Crippen molar-refractivity contribution in [1.82, 2.24) is 0 Å². The summed E-state index contributed by atoms with van der Waals surface area (Å²) in [5, 5.41) is 8.38. The highest BCUT2D eigenvalue weighted by Crippen LogP contribution is 1.90. The lowest BCUT2D eigenvalue weighted by Gasteiger charge is -2.03. The Morgan fingerprint density at radius 3 is 2.44 bits per heavy atom. The fourth-order valence-electron chi connectivity index (χ4n) is 0.490. The van der Waals surface area contributed by atoms with Crippen LogP contribution in [0, 0.1) is 0 Å². The topological polar surface area (TPSA) is 29.5 Å². The summed E-state index contributed by atoms with van der Waals surface area (Å²) in [7, 11) is -0.497. The summed E-state index contributed by atoms with van der Waals surface area (Å²) >= 11 is 0. The molecule has 1 radical (unpaired) electrons. The number of hydrogen-bond acceptors (Lipinski definition) is 2. The first-order chi connectivity index (χ1) is 4.27. The first kappa shape index (κ1) is 9.14. The van der Waals surface area contributed by atoms with Gasteiger partial charge in [-0.1, -0.05) is 0 Å². The van der Waals surface area contributed by atoms with Gasteiger partial charge >= 0.3 is 0 Å². The van der Waals surface area contributed by atoms with E-state index in [2.05, 4.69) is 13.1 Å². The summed E-state index contributed by atoms with van der Waals surface area (Å²) in [5.74, 6) is 0. The van der Waals surface area contributed by atoms with Crippen LogP contribution in [0.5, 0.6) is 0 Å². The molecular weight excluding hydrogens is 132 g/mol. The van der Waals surface area contributed by atoms with Gasteiger partial charge in [-0.05, 0) is 25.9 Å². The molecule has 9 heavy (non-hydrogen) atoms. The molecule has 0 aliphatic rings. The van der Waals surface area contributed by atoms with Crippen molar-refractivity contribution in [3.8, 4) is 0 Å². The third kappa shape index (κ3) is 8.14. The van der Waals surface area contributed by atoms with Gasteiger partial charge in [0.25, 0.3) is 0 Å². The molecule has 0 spiro atoms. The molecule has 0 heterocycles. The maximum atomic E-state index is 8.38. The quantitative estimate of drug-likeness (QED) is 0.465. The smallest absolute Gasteiger partial charge is 0.204 e. The van der Waals surface area contributed by atoms with Gasteiger partial charge in [-0.25, -0.2) is 0 Å². The lowest BCUT2D eigenvalue weighted by molar-refractivity contribution is 0.255. The molecule has 0 rings (SSSR count).